The zero-order valence-corrected chi connectivity index (χ0v) is 11.7. The predicted octanol–water partition coefficient (Wildman–Crippen LogP) is 3.49. The molecular formula is C18H14O4. The predicted molar refractivity (Wildman–Crippen MR) is 81.4 cm³/mol. The van der Waals surface area contributed by atoms with Gasteiger partial charge < -0.3 is 9.47 Å². The van der Waals surface area contributed by atoms with Crippen LogP contribution in [0.5, 0.6) is 0 Å². The smallest absolute Gasteiger partial charge is 0.422 e. The second-order valence-corrected chi connectivity index (χ2v) is 4.87. The van der Waals surface area contributed by atoms with Gasteiger partial charge in [0.2, 0.25) is 11.9 Å². The van der Waals surface area contributed by atoms with Gasteiger partial charge in [-0.15, -0.1) is 0 Å². The second-order valence-electron chi connectivity index (χ2n) is 4.87. The maximum absolute atomic E-state index is 12.4. The van der Waals surface area contributed by atoms with Crippen molar-refractivity contribution in [2.24, 2.45) is 0 Å². The average molecular weight is 294 g/mol. The van der Waals surface area contributed by atoms with E-state index in [2.05, 4.69) is 0 Å². The van der Waals surface area contributed by atoms with E-state index < -0.39 is 18.4 Å². The molecule has 0 radical (unpaired) electrons. The third kappa shape index (κ3) is 3.06. The molecule has 0 N–H and O–H groups in total. The summed E-state index contributed by atoms with van der Waals surface area (Å²) in [6.45, 7) is 0. The zero-order chi connectivity index (χ0) is 15.4. The lowest BCUT2D eigenvalue weighted by Gasteiger charge is -2.11. The number of benzene rings is 2. The third-order valence-electron chi connectivity index (χ3n) is 3.35. The van der Waals surface area contributed by atoms with E-state index in [1.165, 1.54) is 0 Å². The largest absolute Gasteiger partial charge is 0.509 e. The quantitative estimate of drug-likeness (QED) is 0.640. The molecule has 2 aromatic rings. The molecule has 0 saturated carbocycles. The van der Waals surface area contributed by atoms with Gasteiger partial charge in [0.15, 0.2) is 6.10 Å². The molecule has 110 valence electrons. The first-order valence-electron chi connectivity index (χ1n) is 6.94. The van der Waals surface area contributed by atoms with Gasteiger partial charge in [0, 0.05) is 5.56 Å². The molecule has 0 spiro atoms. The molecule has 2 aromatic carbocycles. The van der Waals surface area contributed by atoms with Crippen molar-refractivity contribution in [1.82, 2.24) is 0 Å². The van der Waals surface area contributed by atoms with Crippen LogP contribution in [0.15, 0.2) is 66.7 Å². The maximum Gasteiger partial charge on any atom is 0.509 e. The van der Waals surface area contributed by atoms with E-state index in [4.69, 9.17) is 9.47 Å². The molecule has 1 aliphatic rings. The van der Waals surface area contributed by atoms with Gasteiger partial charge in [-0.1, -0.05) is 66.7 Å². The van der Waals surface area contributed by atoms with Crippen LogP contribution >= 0.6 is 0 Å². The van der Waals surface area contributed by atoms with E-state index in [0.717, 1.165) is 5.56 Å². The highest BCUT2D eigenvalue weighted by atomic mass is 16.8. The fourth-order valence-corrected chi connectivity index (χ4v) is 2.25. The monoisotopic (exact) mass is 294 g/mol. The third-order valence-corrected chi connectivity index (χ3v) is 3.35. The van der Waals surface area contributed by atoms with E-state index in [9.17, 15) is 9.59 Å². The molecule has 1 saturated heterocycles. The highest BCUT2D eigenvalue weighted by molar-refractivity contribution is 6.01. The van der Waals surface area contributed by atoms with Crippen molar-refractivity contribution in [3.8, 4) is 0 Å². The van der Waals surface area contributed by atoms with Crippen LogP contribution in [0.2, 0.25) is 0 Å². The maximum atomic E-state index is 12.4. The first-order chi connectivity index (χ1) is 10.7. The molecular weight excluding hydrogens is 280 g/mol. The SMILES string of the molecule is O=C1O[C@@H](/C=C/c2ccccc2)[C@H](C(=O)c2ccccc2)O1. The fourth-order valence-electron chi connectivity index (χ4n) is 2.25. The van der Waals surface area contributed by atoms with Gasteiger partial charge in [-0.2, -0.15) is 0 Å². The van der Waals surface area contributed by atoms with Crippen molar-refractivity contribution in [2.75, 3.05) is 0 Å². The molecule has 1 aliphatic heterocycles. The first-order valence-corrected chi connectivity index (χ1v) is 6.94. The summed E-state index contributed by atoms with van der Waals surface area (Å²) in [5.74, 6) is -0.269. The van der Waals surface area contributed by atoms with Gasteiger partial charge in [0.1, 0.15) is 0 Å². The summed E-state index contributed by atoms with van der Waals surface area (Å²) in [4.78, 5) is 23.8. The Morgan fingerprint density at radius 1 is 0.909 bits per heavy atom. The summed E-state index contributed by atoms with van der Waals surface area (Å²) >= 11 is 0. The first kappa shape index (κ1) is 14.1. The van der Waals surface area contributed by atoms with E-state index >= 15 is 0 Å². The molecule has 22 heavy (non-hydrogen) atoms. The number of hydrogen-bond donors (Lipinski definition) is 0. The lowest BCUT2D eigenvalue weighted by molar-refractivity contribution is 0.0740. The summed E-state index contributed by atoms with van der Waals surface area (Å²) in [7, 11) is 0. The minimum absolute atomic E-state index is 0.269. The number of rotatable bonds is 4. The van der Waals surface area contributed by atoms with Crippen molar-refractivity contribution in [3.05, 3.63) is 77.9 Å². The number of ketones is 1. The van der Waals surface area contributed by atoms with E-state index in [0.29, 0.717) is 5.56 Å². The van der Waals surface area contributed by atoms with Crippen molar-refractivity contribution in [2.45, 2.75) is 12.2 Å². The molecule has 1 fully saturated rings. The molecule has 4 heteroatoms. The molecule has 1 heterocycles. The Hall–Kier alpha value is -2.88. The van der Waals surface area contributed by atoms with Gasteiger partial charge in [-0.25, -0.2) is 4.79 Å². The normalized spacial score (nSPS) is 20.6. The van der Waals surface area contributed by atoms with Gasteiger partial charge >= 0.3 is 6.16 Å². The Kier molecular flexibility index (Phi) is 4.01. The number of ether oxygens (including phenoxy) is 2. The second kappa shape index (κ2) is 6.26. The molecule has 0 bridgehead atoms. The van der Waals surface area contributed by atoms with E-state index in [1.54, 1.807) is 36.4 Å². The Balaban J connectivity index is 1.79. The lowest BCUT2D eigenvalue weighted by atomic mass is 10.0. The lowest BCUT2D eigenvalue weighted by Crippen LogP contribution is -2.30. The summed E-state index contributed by atoms with van der Waals surface area (Å²) in [5.41, 5.74) is 1.44. The van der Waals surface area contributed by atoms with Gasteiger partial charge in [0.25, 0.3) is 0 Å². The Bertz CT molecular complexity index is 692. The minimum Gasteiger partial charge on any atom is -0.422 e. The van der Waals surface area contributed by atoms with Gasteiger partial charge in [0.05, 0.1) is 0 Å². The molecule has 0 aliphatic carbocycles. The Morgan fingerprint density at radius 3 is 2.23 bits per heavy atom. The Labute approximate surface area is 128 Å². The minimum atomic E-state index is -0.949. The van der Waals surface area contributed by atoms with Crippen LogP contribution in [0, 0.1) is 0 Å². The number of cyclic esters (lactones) is 2. The van der Waals surface area contributed by atoms with E-state index in [-0.39, 0.29) is 5.78 Å². The van der Waals surface area contributed by atoms with Crippen LogP contribution in [-0.4, -0.2) is 24.1 Å². The molecule has 0 aromatic heterocycles. The van der Waals surface area contributed by atoms with E-state index in [1.807, 2.05) is 36.4 Å². The highest BCUT2D eigenvalue weighted by Gasteiger charge is 2.40. The van der Waals surface area contributed by atoms with Gasteiger partial charge in [-0.3, -0.25) is 4.79 Å². The Morgan fingerprint density at radius 2 is 1.55 bits per heavy atom. The number of Topliss-reactive ketones (excluding diaryl/α,β-unsaturated/α-hetero) is 1. The van der Waals surface area contributed by atoms with Crippen LogP contribution in [0.1, 0.15) is 15.9 Å². The van der Waals surface area contributed by atoms with Crippen molar-refractivity contribution in [3.63, 3.8) is 0 Å². The summed E-state index contributed by atoms with van der Waals surface area (Å²) < 4.78 is 10.1. The van der Waals surface area contributed by atoms with Crippen LogP contribution in [0.3, 0.4) is 0 Å². The summed E-state index contributed by atoms with van der Waals surface area (Å²) in [6, 6.07) is 18.3. The topological polar surface area (TPSA) is 52.6 Å². The van der Waals surface area contributed by atoms with Crippen LogP contribution in [0.4, 0.5) is 4.79 Å². The number of carbonyl (C=O) groups excluding carboxylic acids is 2. The molecule has 4 nitrogen and oxygen atoms in total. The zero-order valence-electron chi connectivity index (χ0n) is 11.7. The van der Waals surface area contributed by atoms with Gasteiger partial charge in [-0.05, 0) is 11.6 Å². The molecule has 0 unspecified atom stereocenters. The summed E-state index contributed by atoms with van der Waals surface area (Å²) in [5, 5.41) is 0. The number of carbonyl (C=O) groups is 2. The molecule has 2 atom stereocenters. The highest BCUT2D eigenvalue weighted by Crippen LogP contribution is 2.21. The van der Waals surface area contributed by atoms with Crippen LogP contribution < -0.4 is 0 Å². The fraction of sp³-hybridized carbons (Fsp3) is 0.111. The van der Waals surface area contributed by atoms with Crippen LogP contribution in [0.25, 0.3) is 6.08 Å². The standard InChI is InChI=1S/C18H14O4/c19-16(14-9-5-2-6-10-14)17-15(21-18(20)22-17)12-11-13-7-3-1-4-8-13/h1-12,15,17H/b12-11+/t15-,17+/m0/s1. The average Bonchev–Trinajstić information content (AvgIpc) is 2.95. The van der Waals surface area contributed by atoms with Crippen molar-refractivity contribution >= 4 is 18.0 Å². The van der Waals surface area contributed by atoms with Crippen molar-refractivity contribution < 1.29 is 19.1 Å². The molecule has 3 rings (SSSR count). The number of hydrogen-bond acceptors (Lipinski definition) is 4. The summed E-state index contributed by atoms with van der Waals surface area (Å²) in [6.07, 6.45) is 0.983. The van der Waals surface area contributed by atoms with Crippen molar-refractivity contribution in [1.29, 1.82) is 0 Å². The molecule has 0 amide bonds. The van der Waals surface area contributed by atoms with Crippen LogP contribution in [-0.2, 0) is 9.47 Å².